The van der Waals surface area contributed by atoms with Gasteiger partial charge in [0.25, 0.3) is 0 Å². The number of hydrogen-bond acceptors (Lipinski definition) is 4. The van der Waals surface area contributed by atoms with E-state index in [1.165, 1.54) is 12.8 Å². The minimum Gasteiger partial charge on any atom is -0.497 e. The summed E-state index contributed by atoms with van der Waals surface area (Å²) in [5.41, 5.74) is 1.13. The predicted molar refractivity (Wildman–Crippen MR) is 112 cm³/mol. The van der Waals surface area contributed by atoms with Crippen LogP contribution in [0.1, 0.15) is 37.7 Å². The molecule has 0 spiro atoms. The molecule has 1 atom stereocenters. The van der Waals surface area contributed by atoms with Gasteiger partial charge in [-0.05, 0) is 55.7 Å². The van der Waals surface area contributed by atoms with Gasteiger partial charge in [0.1, 0.15) is 5.75 Å². The monoisotopic (exact) mass is 399 g/mol. The molecular weight excluding hydrogens is 366 g/mol. The first-order chi connectivity index (χ1) is 14.1. The fourth-order valence-electron chi connectivity index (χ4n) is 4.59. The maximum Gasteiger partial charge on any atom is 0.240 e. The molecule has 0 bridgehead atoms. The van der Waals surface area contributed by atoms with Crippen LogP contribution in [0.2, 0.25) is 0 Å². The molecule has 1 saturated carbocycles. The maximum absolute atomic E-state index is 12.8. The molecule has 2 saturated heterocycles. The van der Waals surface area contributed by atoms with Crippen LogP contribution in [-0.2, 0) is 16.0 Å². The molecule has 3 fully saturated rings. The van der Waals surface area contributed by atoms with Gasteiger partial charge < -0.3 is 14.5 Å². The number of benzene rings is 1. The minimum atomic E-state index is 0.0283. The van der Waals surface area contributed by atoms with Crippen LogP contribution in [0, 0.1) is 5.92 Å². The van der Waals surface area contributed by atoms with Crippen LogP contribution in [0.4, 0.5) is 0 Å². The van der Waals surface area contributed by atoms with Crippen LogP contribution in [0.5, 0.6) is 5.75 Å². The van der Waals surface area contributed by atoms with Crippen molar-refractivity contribution in [3.8, 4) is 5.75 Å². The van der Waals surface area contributed by atoms with Crippen molar-refractivity contribution < 1.29 is 14.3 Å². The van der Waals surface area contributed by atoms with E-state index in [9.17, 15) is 9.59 Å². The lowest BCUT2D eigenvalue weighted by molar-refractivity contribution is -0.132. The number of methoxy groups -OCH3 is 1. The number of nitrogens with zero attached hydrogens (tertiary/aromatic N) is 3. The minimum absolute atomic E-state index is 0.0283. The van der Waals surface area contributed by atoms with Crippen LogP contribution in [0.3, 0.4) is 0 Å². The lowest BCUT2D eigenvalue weighted by atomic mass is 10.1. The van der Waals surface area contributed by atoms with Crippen molar-refractivity contribution in [3.63, 3.8) is 0 Å². The number of ether oxygens (including phenoxy) is 1. The largest absolute Gasteiger partial charge is 0.497 e. The molecule has 2 amide bonds. The number of hydrogen-bond donors (Lipinski definition) is 0. The van der Waals surface area contributed by atoms with Crippen LogP contribution < -0.4 is 4.74 Å². The Bertz CT molecular complexity index is 734. The highest BCUT2D eigenvalue weighted by Crippen LogP contribution is 2.31. The Kier molecular flexibility index (Phi) is 6.38. The molecule has 2 aliphatic heterocycles. The van der Waals surface area contributed by atoms with E-state index in [0.29, 0.717) is 12.3 Å². The fraction of sp³-hybridized carbons (Fsp3) is 0.652. The molecular formula is C23H33N3O3. The molecule has 3 aliphatic rings. The van der Waals surface area contributed by atoms with E-state index < -0.39 is 0 Å². The second-order valence-electron chi connectivity index (χ2n) is 8.65. The molecule has 1 aromatic carbocycles. The zero-order chi connectivity index (χ0) is 20.2. The SMILES string of the molecule is COc1cccc(CCC(=O)N2CCCN([C@@H]3CCN(CC4CC4)C3=O)CC2)c1. The zero-order valence-corrected chi connectivity index (χ0v) is 17.5. The highest BCUT2D eigenvalue weighted by Gasteiger charge is 2.38. The average Bonchev–Trinajstić information content (AvgIpc) is 3.53. The maximum atomic E-state index is 12.8. The summed E-state index contributed by atoms with van der Waals surface area (Å²) < 4.78 is 5.26. The molecule has 6 nitrogen and oxygen atoms in total. The summed E-state index contributed by atoms with van der Waals surface area (Å²) in [5.74, 6) is 2.11. The summed E-state index contributed by atoms with van der Waals surface area (Å²) in [6.45, 7) is 5.09. The summed E-state index contributed by atoms with van der Waals surface area (Å²) in [7, 11) is 1.66. The van der Waals surface area contributed by atoms with Gasteiger partial charge in [-0.25, -0.2) is 0 Å². The van der Waals surface area contributed by atoms with E-state index in [-0.39, 0.29) is 11.9 Å². The predicted octanol–water partition coefficient (Wildman–Crippen LogP) is 2.17. The number of aryl methyl sites for hydroxylation is 1. The van der Waals surface area contributed by atoms with E-state index in [4.69, 9.17) is 4.74 Å². The van der Waals surface area contributed by atoms with Gasteiger partial charge in [0.15, 0.2) is 0 Å². The van der Waals surface area contributed by atoms with Crippen molar-refractivity contribution in [1.82, 2.24) is 14.7 Å². The first kappa shape index (κ1) is 20.2. The molecule has 4 rings (SSSR count). The van der Waals surface area contributed by atoms with E-state index in [0.717, 1.165) is 75.8 Å². The van der Waals surface area contributed by atoms with Gasteiger partial charge in [-0.1, -0.05) is 12.1 Å². The van der Waals surface area contributed by atoms with Gasteiger partial charge in [-0.15, -0.1) is 0 Å². The zero-order valence-electron chi connectivity index (χ0n) is 17.5. The molecule has 1 aliphatic carbocycles. The third-order valence-corrected chi connectivity index (χ3v) is 6.53. The first-order valence-electron chi connectivity index (χ1n) is 11.1. The van der Waals surface area contributed by atoms with Gasteiger partial charge in [0.2, 0.25) is 11.8 Å². The standard InChI is InChI=1S/C23H33N3O3/c1-29-20-5-2-4-18(16-20)8-9-22(27)25-12-3-11-24(14-15-25)21-10-13-26(23(21)28)17-19-6-7-19/h2,4-5,16,19,21H,3,6-15,17H2,1H3/t21-/m1/s1. The highest BCUT2D eigenvalue weighted by atomic mass is 16.5. The van der Waals surface area contributed by atoms with Crippen molar-refractivity contribution in [1.29, 1.82) is 0 Å². The van der Waals surface area contributed by atoms with E-state index >= 15 is 0 Å². The van der Waals surface area contributed by atoms with Crippen LogP contribution >= 0.6 is 0 Å². The van der Waals surface area contributed by atoms with E-state index in [2.05, 4.69) is 9.80 Å². The van der Waals surface area contributed by atoms with Gasteiger partial charge >= 0.3 is 0 Å². The molecule has 2 heterocycles. The third-order valence-electron chi connectivity index (χ3n) is 6.53. The fourth-order valence-corrected chi connectivity index (χ4v) is 4.59. The molecule has 0 radical (unpaired) electrons. The molecule has 29 heavy (non-hydrogen) atoms. The number of carbonyl (C=O) groups excluding carboxylic acids is 2. The quantitative estimate of drug-likeness (QED) is 0.705. The third kappa shape index (κ3) is 5.10. The van der Waals surface area contributed by atoms with Crippen molar-refractivity contribution >= 4 is 11.8 Å². The van der Waals surface area contributed by atoms with Crippen LogP contribution in [0.15, 0.2) is 24.3 Å². The lowest BCUT2D eigenvalue weighted by Gasteiger charge is -2.26. The summed E-state index contributed by atoms with van der Waals surface area (Å²) >= 11 is 0. The molecule has 1 aromatic rings. The number of likely N-dealkylation sites (tertiary alicyclic amines) is 1. The normalized spacial score (nSPS) is 23.3. The summed E-state index contributed by atoms with van der Waals surface area (Å²) in [6, 6.07) is 7.95. The Morgan fingerprint density at radius 1 is 1.10 bits per heavy atom. The van der Waals surface area contributed by atoms with E-state index in [1.807, 2.05) is 29.2 Å². The second kappa shape index (κ2) is 9.16. The first-order valence-corrected chi connectivity index (χ1v) is 11.1. The Labute approximate surface area is 173 Å². The smallest absolute Gasteiger partial charge is 0.240 e. The van der Waals surface area contributed by atoms with Gasteiger partial charge in [-0.3, -0.25) is 14.5 Å². The molecule has 6 heteroatoms. The topological polar surface area (TPSA) is 53.1 Å². The Hall–Kier alpha value is -2.08. The number of amides is 2. The van der Waals surface area contributed by atoms with Crippen molar-refractivity contribution in [3.05, 3.63) is 29.8 Å². The van der Waals surface area contributed by atoms with Crippen molar-refractivity contribution in [2.75, 3.05) is 46.4 Å². The average molecular weight is 400 g/mol. The van der Waals surface area contributed by atoms with Gasteiger partial charge in [-0.2, -0.15) is 0 Å². The summed E-state index contributed by atoms with van der Waals surface area (Å²) in [6.07, 6.45) is 5.70. The van der Waals surface area contributed by atoms with Crippen molar-refractivity contribution in [2.45, 2.75) is 44.6 Å². The lowest BCUT2D eigenvalue weighted by Crippen LogP contribution is -2.44. The van der Waals surface area contributed by atoms with Gasteiger partial charge in [0, 0.05) is 45.7 Å². The van der Waals surface area contributed by atoms with Crippen molar-refractivity contribution in [2.24, 2.45) is 5.92 Å². The van der Waals surface area contributed by atoms with Gasteiger partial charge in [0.05, 0.1) is 13.2 Å². The summed E-state index contributed by atoms with van der Waals surface area (Å²) in [4.78, 5) is 31.9. The highest BCUT2D eigenvalue weighted by molar-refractivity contribution is 5.84. The number of carbonyl (C=O) groups is 2. The molecule has 0 unspecified atom stereocenters. The van der Waals surface area contributed by atoms with Crippen LogP contribution in [0.25, 0.3) is 0 Å². The number of rotatable bonds is 7. The molecule has 0 N–H and O–H groups in total. The Morgan fingerprint density at radius 3 is 2.76 bits per heavy atom. The van der Waals surface area contributed by atoms with E-state index in [1.54, 1.807) is 7.11 Å². The molecule has 158 valence electrons. The second-order valence-corrected chi connectivity index (χ2v) is 8.65. The summed E-state index contributed by atoms with van der Waals surface area (Å²) in [5, 5.41) is 0. The van der Waals surface area contributed by atoms with Crippen LogP contribution in [-0.4, -0.2) is 78.9 Å². The Balaban J connectivity index is 1.26. The molecule has 0 aromatic heterocycles. The Morgan fingerprint density at radius 2 is 1.97 bits per heavy atom.